The van der Waals surface area contributed by atoms with Crippen LogP contribution >= 0.6 is 12.4 Å². The molecule has 1 aromatic heterocycles. The number of hydrogen-bond acceptors (Lipinski definition) is 4. The molecular formula is C13H20ClN3O3. The lowest BCUT2D eigenvalue weighted by Gasteiger charge is -2.35. The third-order valence-corrected chi connectivity index (χ3v) is 3.29. The molecule has 6 nitrogen and oxygen atoms in total. The molecule has 0 spiro atoms. The Kier molecular flexibility index (Phi) is 6.04. The summed E-state index contributed by atoms with van der Waals surface area (Å²) < 4.78 is 4.85. The zero-order valence-corrected chi connectivity index (χ0v) is 12.4. The minimum Gasteiger partial charge on any atom is -0.472 e. The van der Waals surface area contributed by atoms with Gasteiger partial charge in [0, 0.05) is 25.7 Å². The maximum absolute atomic E-state index is 12.3. The molecule has 2 amide bonds. The number of amides is 2. The van der Waals surface area contributed by atoms with Crippen molar-refractivity contribution in [1.82, 2.24) is 15.5 Å². The number of halogens is 1. The number of nitrogens with zero attached hydrogens (tertiary/aromatic N) is 1. The van der Waals surface area contributed by atoms with E-state index in [1.807, 2.05) is 6.92 Å². The molecule has 1 fully saturated rings. The SMILES string of the molecule is CC(NC(=O)c1ccoc1)C(=O)N1CCNC[C@@H]1C.Cl. The lowest BCUT2D eigenvalue weighted by Crippen LogP contribution is -2.57. The van der Waals surface area contributed by atoms with Crippen LogP contribution in [0.3, 0.4) is 0 Å². The molecule has 2 atom stereocenters. The zero-order valence-electron chi connectivity index (χ0n) is 11.6. The molecular weight excluding hydrogens is 282 g/mol. The van der Waals surface area contributed by atoms with Crippen LogP contribution in [0.25, 0.3) is 0 Å². The molecule has 1 aromatic rings. The van der Waals surface area contributed by atoms with Crippen LogP contribution in [0.2, 0.25) is 0 Å². The highest BCUT2D eigenvalue weighted by atomic mass is 35.5. The number of piperazine rings is 1. The topological polar surface area (TPSA) is 74.6 Å². The van der Waals surface area contributed by atoms with Crippen LogP contribution < -0.4 is 10.6 Å². The van der Waals surface area contributed by atoms with E-state index in [0.717, 1.165) is 13.1 Å². The van der Waals surface area contributed by atoms with Crippen molar-refractivity contribution in [2.75, 3.05) is 19.6 Å². The summed E-state index contributed by atoms with van der Waals surface area (Å²) in [6.45, 7) is 5.95. The van der Waals surface area contributed by atoms with Gasteiger partial charge in [0.05, 0.1) is 11.8 Å². The van der Waals surface area contributed by atoms with Crippen molar-refractivity contribution in [2.45, 2.75) is 25.9 Å². The summed E-state index contributed by atoms with van der Waals surface area (Å²) >= 11 is 0. The highest BCUT2D eigenvalue weighted by Crippen LogP contribution is 2.06. The fourth-order valence-corrected chi connectivity index (χ4v) is 2.15. The van der Waals surface area contributed by atoms with E-state index < -0.39 is 6.04 Å². The van der Waals surface area contributed by atoms with Gasteiger partial charge in [0.15, 0.2) is 0 Å². The molecule has 20 heavy (non-hydrogen) atoms. The lowest BCUT2D eigenvalue weighted by molar-refractivity contribution is -0.135. The first-order chi connectivity index (χ1) is 9.09. The van der Waals surface area contributed by atoms with Gasteiger partial charge in [-0.1, -0.05) is 0 Å². The molecule has 1 unspecified atom stereocenters. The van der Waals surface area contributed by atoms with E-state index in [2.05, 4.69) is 10.6 Å². The van der Waals surface area contributed by atoms with Gasteiger partial charge in [0.2, 0.25) is 5.91 Å². The van der Waals surface area contributed by atoms with E-state index in [1.54, 1.807) is 17.9 Å². The Bertz CT molecular complexity index is 450. The van der Waals surface area contributed by atoms with Crippen molar-refractivity contribution in [3.63, 3.8) is 0 Å². The Morgan fingerprint density at radius 2 is 2.30 bits per heavy atom. The van der Waals surface area contributed by atoms with Crippen LogP contribution in [0.1, 0.15) is 24.2 Å². The quantitative estimate of drug-likeness (QED) is 0.859. The van der Waals surface area contributed by atoms with Crippen LogP contribution in [-0.2, 0) is 4.79 Å². The monoisotopic (exact) mass is 301 g/mol. The first-order valence-corrected chi connectivity index (χ1v) is 6.44. The van der Waals surface area contributed by atoms with E-state index in [1.165, 1.54) is 12.5 Å². The first-order valence-electron chi connectivity index (χ1n) is 6.44. The summed E-state index contributed by atoms with van der Waals surface area (Å²) in [6.07, 6.45) is 2.79. The third-order valence-electron chi connectivity index (χ3n) is 3.29. The molecule has 0 aliphatic carbocycles. The van der Waals surface area contributed by atoms with Crippen LogP contribution in [0.15, 0.2) is 23.0 Å². The van der Waals surface area contributed by atoms with E-state index >= 15 is 0 Å². The summed E-state index contributed by atoms with van der Waals surface area (Å²) in [7, 11) is 0. The van der Waals surface area contributed by atoms with E-state index in [4.69, 9.17) is 4.42 Å². The van der Waals surface area contributed by atoms with E-state index in [9.17, 15) is 9.59 Å². The fraction of sp³-hybridized carbons (Fsp3) is 0.538. The molecule has 112 valence electrons. The molecule has 0 saturated carbocycles. The summed E-state index contributed by atoms with van der Waals surface area (Å²) in [4.78, 5) is 25.9. The number of furan rings is 1. The number of rotatable bonds is 3. The van der Waals surface area contributed by atoms with Gasteiger partial charge < -0.3 is 20.0 Å². The first kappa shape index (κ1) is 16.5. The summed E-state index contributed by atoms with van der Waals surface area (Å²) in [5.74, 6) is -0.344. The highest BCUT2D eigenvalue weighted by molar-refractivity contribution is 5.97. The molecule has 2 rings (SSSR count). The standard InChI is InChI=1S/C13H19N3O3.ClH/c1-9-7-14-4-5-16(9)13(18)10(2)15-12(17)11-3-6-19-8-11;/h3,6,8-10,14H,4-5,7H2,1-2H3,(H,15,17);1H/t9-,10?;/m0./s1. The Hall–Kier alpha value is -1.53. The Morgan fingerprint density at radius 3 is 2.90 bits per heavy atom. The predicted octanol–water partition coefficient (Wildman–Crippen LogP) is 0.640. The number of nitrogens with one attached hydrogen (secondary N) is 2. The van der Waals surface area contributed by atoms with Crippen molar-refractivity contribution >= 4 is 24.2 Å². The van der Waals surface area contributed by atoms with Crippen molar-refractivity contribution in [1.29, 1.82) is 0 Å². The minimum atomic E-state index is -0.539. The molecule has 0 aromatic carbocycles. The van der Waals surface area contributed by atoms with Crippen LogP contribution in [0.4, 0.5) is 0 Å². The van der Waals surface area contributed by atoms with Crippen LogP contribution in [0.5, 0.6) is 0 Å². The molecule has 0 radical (unpaired) electrons. The van der Waals surface area contributed by atoms with Gasteiger partial charge in [-0.15, -0.1) is 12.4 Å². The van der Waals surface area contributed by atoms with Crippen molar-refractivity contribution < 1.29 is 14.0 Å². The maximum atomic E-state index is 12.3. The average molecular weight is 302 g/mol. The lowest BCUT2D eigenvalue weighted by atomic mass is 10.1. The van der Waals surface area contributed by atoms with Crippen molar-refractivity contribution in [3.05, 3.63) is 24.2 Å². The second-order valence-electron chi connectivity index (χ2n) is 4.79. The van der Waals surface area contributed by atoms with E-state index in [0.29, 0.717) is 12.1 Å². The van der Waals surface area contributed by atoms with Crippen molar-refractivity contribution in [2.24, 2.45) is 0 Å². The van der Waals surface area contributed by atoms with Gasteiger partial charge in [-0.2, -0.15) is 0 Å². The third kappa shape index (κ3) is 3.74. The molecule has 1 aliphatic rings. The van der Waals surface area contributed by atoms with Gasteiger partial charge in [-0.25, -0.2) is 0 Å². The normalized spacial score (nSPS) is 19.9. The van der Waals surface area contributed by atoms with Crippen molar-refractivity contribution in [3.8, 4) is 0 Å². The highest BCUT2D eigenvalue weighted by Gasteiger charge is 2.27. The maximum Gasteiger partial charge on any atom is 0.255 e. The second-order valence-corrected chi connectivity index (χ2v) is 4.79. The zero-order chi connectivity index (χ0) is 13.8. The Balaban J connectivity index is 0.00000200. The largest absolute Gasteiger partial charge is 0.472 e. The second kappa shape index (κ2) is 7.31. The molecule has 1 saturated heterocycles. The molecule has 7 heteroatoms. The molecule has 2 N–H and O–H groups in total. The summed E-state index contributed by atoms with van der Waals surface area (Å²) in [5, 5.41) is 5.92. The van der Waals surface area contributed by atoms with Crippen LogP contribution in [0, 0.1) is 0 Å². The van der Waals surface area contributed by atoms with Gasteiger partial charge in [-0.3, -0.25) is 9.59 Å². The number of hydrogen-bond donors (Lipinski definition) is 2. The predicted molar refractivity (Wildman–Crippen MR) is 76.9 cm³/mol. The smallest absolute Gasteiger partial charge is 0.255 e. The Labute approximate surface area is 124 Å². The van der Waals surface area contributed by atoms with E-state index in [-0.39, 0.29) is 30.3 Å². The fourth-order valence-electron chi connectivity index (χ4n) is 2.15. The number of carbonyl (C=O) groups is 2. The van der Waals surface area contributed by atoms with Gasteiger partial charge in [0.1, 0.15) is 12.3 Å². The molecule has 1 aliphatic heterocycles. The molecule has 0 bridgehead atoms. The number of carbonyl (C=O) groups excluding carboxylic acids is 2. The minimum absolute atomic E-state index is 0. The van der Waals surface area contributed by atoms with Gasteiger partial charge in [0.25, 0.3) is 5.91 Å². The summed E-state index contributed by atoms with van der Waals surface area (Å²) in [5.41, 5.74) is 0.424. The van der Waals surface area contributed by atoms with Gasteiger partial charge >= 0.3 is 0 Å². The Morgan fingerprint density at radius 1 is 1.55 bits per heavy atom. The van der Waals surface area contributed by atoms with Gasteiger partial charge in [-0.05, 0) is 19.9 Å². The molecule has 2 heterocycles. The average Bonchev–Trinajstić information content (AvgIpc) is 2.92. The summed E-state index contributed by atoms with van der Waals surface area (Å²) in [6, 6.07) is 1.18. The van der Waals surface area contributed by atoms with Crippen LogP contribution in [-0.4, -0.2) is 48.4 Å².